The van der Waals surface area contributed by atoms with Crippen molar-refractivity contribution in [3.8, 4) is 18.2 Å². The van der Waals surface area contributed by atoms with Gasteiger partial charge in [0.15, 0.2) is 11.3 Å². The Balaban J connectivity index is 2.21. The van der Waals surface area contributed by atoms with Crippen LogP contribution >= 0.6 is 11.8 Å². The average Bonchev–Trinajstić information content (AvgIpc) is 2.80. The lowest BCUT2D eigenvalue weighted by atomic mass is 9.98. The number of thioether (sulfide) groups is 1. The molecule has 9 nitrogen and oxygen atoms in total. The van der Waals surface area contributed by atoms with Gasteiger partial charge in [-0.25, -0.2) is 14.4 Å². The Hall–Kier alpha value is -3.65. The Labute approximate surface area is 195 Å². The molecular formula is C22H25FN6O3S. The monoisotopic (exact) mass is 472 g/mol. The van der Waals surface area contributed by atoms with Gasteiger partial charge in [0, 0.05) is 19.8 Å². The standard InChI is InChI=1S/C22H25FN6O3S/c1-6-13(2)32-18-12-27-17(11-28-18)19(30)29-15-7-8-16(23)14(9-15)10-22(3,20(31)25-4)33-21(24)26-5/h1,7-9,11-13H,10H2,2-5H3,(H2,24,26)(H,25,31)(H,29,30)/t13-,22+/m0/s1. The highest BCUT2D eigenvalue weighted by Crippen LogP contribution is 2.31. The van der Waals surface area contributed by atoms with E-state index in [1.165, 1.54) is 44.7 Å². The van der Waals surface area contributed by atoms with Crippen molar-refractivity contribution < 1.29 is 18.7 Å². The van der Waals surface area contributed by atoms with Crippen LogP contribution in [0.4, 0.5) is 10.1 Å². The molecule has 1 heterocycles. The second-order valence-electron chi connectivity index (χ2n) is 7.08. The maximum atomic E-state index is 14.6. The summed E-state index contributed by atoms with van der Waals surface area (Å²) < 4.78 is 18.8. The van der Waals surface area contributed by atoms with Crippen LogP contribution in [0.3, 0.4) is 0 Å². The molecule has 0 spiro atoms. The van der Waals surface area contributed by atoms with Gasteiger partial charge < -0.3 is 21.1 Å². The van der Waals surface area contributed by atoms with Gasteiger partial charge in [-0.2, -0.15) is 0 Å². The number of nitrogens with one attached hydrogen (secondary N) is 2. The summed E-state index contributed by atoms with van der Waals surface area (Å²) in [5, 5.41) is 5.39. The molecule has 0 aliphatic heterocycles. The van der Waals surface area contributed by atoms with Gasteiger partial charge in [-0.15, -0.1) is 6.42 Å². The van der Waals surface area contributed by atoms with Crippen molar-refractivity contribution in [2.24, 2.45) is 10.7 Å². The summed E-state index contributed by atoms with van der Waals surface area (Å²) in [6.45, 7) is 3.31. The molecule has 2 amide bonds. The molecule has 4 N–H and O–H groups in total. The third kappa shape index (κ3) is 6.92. The van der Waals surface area contributed by atoms with Gasteiger partial charge in [-0.3, -0.25) is 14.6 Å². The van der Waals surface area contributed by atoms with Crippen molar-refractivity contribution in [2.75, 3.05) is 19.4 Å². The quantitative estimate of drug-likeness (QED) is 0.304. The number of terminal acetylenes is 1. The van der Waals surface area contributed by atoms with E-state index in [2.05, 4.69) is 31.5 Å². The highest BCUT2D eigenvalue weighted by Gasteiger charge is 2.36. The van der Waals surface area contributed by atoms with Crippen molar-refractivity contribution >= 4 is 34.4 Å². The highest BCUT2D eigenvalue weighted by molar-refractivity contribution is 8.15. The van der Waals surface area contributed by atoms with Crippen LogP contribution in [0.15, 0.2) is 35.6 Å². The van der Waals surface area contributed by atoms with Gasteiger partial charge in [0.1, 0.15) is 16.3 Å². The molecule has 2 aromatic rings. The van der Waals surface area contributed by atoms with Crippen LogP contribution in [0.25, 0.3) is 0 Å². The lowest BCUT2D eigenvalue weighted by molar-refractivity contribution is -0.122. The summed E-state index contributed by atoms with van der Waals surface area (Å²) in [6, 6.07) is 4.07. The number of hydrogen-bond donors (Lipinski definition) is 3. The minimum absolute atomic E-state index is 0.00229. The van der Waals surface area contributed by atoms with Crippen LogP contribution in [0, 0.1) is 18.2 Å². The number of anilines is 1. The summed E-state index contributed by atoms with van der Waals surface area (Å²) in [6.07, 6.45) is 7.28. The summed E-state index contributed by atoms with van der Waals surface area (Å²) in [5.41, 5.74) is 6.36. The van der Waals surface area contributed by atoms with Crippen LogP contribution in [0.2, 0.25) is 0 Å². The SMILES string of the molecule is C#C[C@H](C)Oc1cnc(C(=O)Nc2ccc(F)c(C[C@@](C)(SC(N)=NC)C(=O)NC)c2)cn1. The fourth-order valence-electron chi connectivity index (χ4n) is 2.76. The van der Waals surface area contributed by atoms with E-state index in [0.29, 0.717) is 5.69 Å². The van der Waals surface area contributed by atoms with Crippen molar-refractivity contribution in [2.45, 2.75) is 31.1 Å². The summed E-state index contributed by atoms with van der Waals surface area (Å²) in [4.78, 5) is 36.9. The van der Waals surface area contributed by atoms with Gasteiger partial charge in [0.25, 0.3) is 5.91 Å². The van der Waals surface area contributed by atoms with Crippen LogP contribution in [-0.2, 0) is 11.2 Å². The van der Waals surface area contributed by atoms with E-state index in [9.17, 15) is 14.0 Å². The number of amides is 2. The Morgan fingerprint density at radius 1 is 1.39 bits per heavy atom. The van der Waals surface area contributed by atoms with Crippen molar-refractivity contribution in [3.63, 3.8) is 0 Å². The summed E-state index contributed by atoms with van der Waals surface area (Å²) in [5.74, 6) is 1.15. The molecule has 0 saturated carbocycles. The zero-order valence-electron chi connectivity index (χ0n) is 18.7. The van der Waals surface area contributed by atoms with Crippen molar-refractivity contribution in [1.29, 1.82) is 0 Å². The Bertz CT molecular complexity index is 1090. The van der Waals surface area contributed by atoms with Crippen LogP contribution in [-0.4, -0.2) is 51.9 Å². The number of aromatic nitrogens is 2. The number of amidine groups is 1. The molecule has 2 atom stereocenters. The van der Waals surface area contributed by atoms with Crippen LogP contribution in [0.1, 0.15) is 29.9 Å². The average molecular weight is 473 g/mol. The number of ether oxygens (including phenoxy) is 1. The lowest BCUT2D eigenvalue weighted by Gasteiger charge is -2.27. The topological polar surface area (TPSA) is 132 Å². The van der Waals surface area contributed by atoms with Gasteiger partial charge >= 0.3 is 0 Å². The Morgan fingerprint density at radius 3 is 2.70 bits per heavy atom. The third-order valence-corrected chi connectivity index (χ3v) is 5.65. The number of carbonyl (C=O) groups excluding carboxylic acids is 2. The zero-order valence-corrected chi connectivity index (χ0v) is 19.5. The lowest BCUT2D eigenvalue weighted by Crippen LogP contribution is -2.44. The largest absolute Gasteiger partial charge is 0.460 e. The van der Waals surface area contributed by atoms with Crippen LogP contribution < -0.4 is 21.1 Å². The molecule has 1 aromatic carbocycles. The molecular weight excluding hydrogens is 447 g/mol. The molecule has 2 rings (SSSR count). The Kier molecular flexibility index (Phi) is 8.76. The molecule has 0 fully saturated rings. The van der Waals surface area contributed by atoms with E-state index >= 15 is 0 Å². The first-order valence-corrected chi connectivity index (χ1v) is 10.6. The van der Waals surface area contributed by atoms with Crippen molar-refractivity contribution in [1.82, 2.24) is 15.3 Å². The molecule has 174 valence electrons. The highest BCUT2D eigenvalue weighted by atomic mass is 32.2. The van der Waals surface area contributed by atoms with Gasteiger partial charge in [-0.05, 0) is 44.0 Å². The molecule has 11 heteroatoms. The predicted molar refractivity (Wildman–Crippen MR) is 127 cm³/mol. The van der Waals surface area contributed by atoms with Crippen LogP contribution in [0.5, 0.6) is 5.88 Å². The molecule has 0 aliphatic rings. The third-order valence-electron chi connectivity index (χ3n) is 4.48. The van der Waals surface area contributed by atoms with E-state index < -0.39 is 22.6 Å². The zero-order chi connectivity index (χ0) is 24.6. The first-order valence-electron chi connectivity index (χ1n) is 9.80. The maximum Gasteiger partial charge on any atom is 0.275 e. The molecule has 0 aliphatic carbocycles. The summed E-state index contributed by atoms with van der Waals surface area (Å²) >= 11 is 1.03. The second kappa shape index (κ2) is 11.3. The number of halogens is 1. The van der Waals surface area contributed by atoms with E-state index in [1.54, 1.807) is 13.8 Å². The first-order chi connectivity index (χ1) is 15.6. The first kappa shape index (κ1) is 25.6. The number of aliphatic imine (C=N–C) groups is 1. The van der Waals surface area contributed by atoms with E-state index in [4.69, 9.17) is 16.9 Å². The number of hydrogen-bond acceptors (Lipinski definition) is 7. The molecule has 0 unspecified atom stereocenters. The predicted octanol–water partition coefficient (Wildman–Crippen LogP) is 1.99. The molecule has 0 saturated heterocycles. The van der Waals surface area contributed by atoms with Gasteiger partial charge in [0.2, 0.25) is 11.8 Å². The fraction of sp³-hybridized carbons (Fsp3) is 0.318. The number of carbonyl (C=O) groups is 2. The molecule has 33 heavy (non-hydrogen) atoms. The number of rotatable bonds is 8. The molecule has 0 bridgehead atoms. The Morgan fingerprint density at radius 2 is 2.12 bits per heavy atom. The minimum atomic E-state index is -1.13. The smallest absolute Gasteiger partial charge is 0.275 e. The minimum Gasteiger partial charge on any atom is -0.460 e. The summed E-state index contributed by atoms with van der Waals surface area (Å²) in [7, 11) is 2.98. The van der Waals surface area contributed by atoms with E-state index in [-0.39, 0.29) is 34.6 Å². The second-order valence-corrected chi connectivity index (χ2v) is 8.60. The molecule has 1 aromatic heterocycles. The van der Waals surface area contributed by atoms with E-state index in [1.807, 2.05) is 0 Å². The maximum absolute atomic E-state index is 14.6. The number of nitrogens with two attached hydrogens (primary N) is 1. The normalized spacial score (nSPS) is 13.9. The van der Waals surface area contributed by atoms with Gasteiger partial charge in [-0.1, -0.05) is 17.7 Å². The van der Waals surface area contributed by atoms with Crippen molar-refractivity contribution in [3.05, 3.63) is 47.7 Å². The molecule has 0 radical (unpaired) electrons. The van der Waals surface area contributed by atoms with Gasteiger partial charge in [0.05, 0.1) is 12.4 Å². The van der Waals surface area contributed by atoms with E-state index in [0.717, 1.165) is 11.8 Å². The number of benzene rings is 1. The fourth-order valence-corrected chi connectivity index (χ4v) is 3.73. The number of nitrogens with zero attached hydrogens (tertiary/aromatic N) is 3.